The van der Waals surface area contributed by atoms with Crippen molar-refractivity contribution in [1.82, 2.24) is 10.2 Å². The van der Waals surface area contributed by atoms with Gasteiger partial charge in [0.25, 0.3) is 0 Å². The SMILES string of the molecule is CCCC(C)(CNC1CC1)CN(CC)CC(C)C. The van der Waals surface area contributed by atoms with Gasteiger partial charge in [0.15, 0.2) is 0 Å². The molecule has 1 unspecified atom stereocenters. The van der Waals surface area contributed by atoms with Gasteiger partial charge in [-0.25, -0.2) is 0 Å². The minimum Gasteiger partial charge on any atom is -0.313 e. The Labute approximate surface area is 115 Å². The van der Waals surface area contributed by atoms with Gasteiger partial charge in [0.2, 0.25) is 0 Å². The molecular weight excluding hydrogens is 220 g/mol. The fraction of sp³-hybridized carbons (Fsp3) is 1.00. The molecule has 0 aromatic heterocycles. The van der Waals surface area contributed by atoms with E-state index >= 15 is 0 Å². The van der Waals surface area contributed by atoms with Crippen LogP contribution in [0.5, 0.6) is 0 Å². The van der Waals surface area contributed by atoms with Crippen LogP contribution in [0.25, 0.3) is 0 Å². The Morgan fingerprint density at radius 2 is 1.94 bits per heavy atom. The van der Waals surface area contributed by atoms with Gasteiger partial charge in [0.05, 0.1) is 0 Å². The fourth-order valence-corrected chi connectivity index (χ4v) is 2.87. The summed E-state index contributed by atoms with van der Waals surface area (Å²) in [7, 11) is 0. The molecule has 2 heteroatoms. The highest BCUT2D eigenvalue weighted by molar-refractivity contribution is 4.87. The van der Waals surface area contributed by atoms with Crippen LogP contribution in [0.4, 0.5) is 0 Å². The summed E-state index contributed by atoms with van der Waals surface area (Å²) in [6, 6.07) is 0.835. The van der Waals surface area contributed by atoms with E-state index < -0.39 is 0 Å². The molecule has 0 bridgehead atoms. The predicted octanol–water partition coefficient (Wildman–Crippen LogP) is 3.52. The first-order valence-corrected chi connectivity index (χ1v) is 7.95. The minimum atomic E-state index is 0.447. The molecule has 108 valence electrons. The molecule has 1 N–H and O–H groups in total. The Morgan fingerprint density at radius 3 is 2.39 bits per heavy atom. The van der Waals surface area contributed by atoms with Gasteiger partial charge in [-0.2, -0.15) is 0 Å². The van der Waals surface area contributed by atoms with Crippen LogP contribution in [0.15, 0.2) is 0 Å². The molecule has 0 aliphatic heterocycles. The van der Waals surface area contributed by atoms with E-state index in [1.54, 1.807) is 0 Å². The maximum atomic E-state index is 3.74. The van der Waals surface area contributed by atoms with Crippen LogP contribution in [-0.4, -0.2) is 37.1 Å². The first kappa shape index (κ1) is 16.0. The van der Waals surface area contributed by atoms with Crippen molar-refractivity contribution in [2.75, 3.05) is 26.2 Å². The van der Waals surface area contributed by atoms with Gasteiger partial charge in [-0.3, -0.25) is 0 Å². The van der Waals surface area contributed by atoms with Crippen LogP contribution in [0, 0.1) is 11.3 Å². The molecule has 1 aliphatic rings. The number of nitrogens with zero attached hydrogens (tertiary/aromatic N) is 1. The van der Waals surface area contributed by atoms with Crippen molar-refractivity contribution in [1.29, 1.82) is 0 Å². The van der Waals surface area contributed by atoms with E-state index in [1.807, 2.05) is 0 Å². The number of hydrogen-bond donors (Lipinski definition) is 1. The summed E-state index contributed by atoms with van der Waals surface area (Å²) in [6.45, 7) is 16.6. The topological polar surface area (TPSA) is 15.3 Å². The summed E-state index contributed by atoms with van der Waals surface area (Å²) < 4.78 is 0. The Kier molecular flexibility index (Phi) is 6.65. The molecule has 2 nitrogen and oxygen atoms in total. The number of rotatable bonds is 10. The van der Waals surface area contributed by atoms with Crippen molar-refractivity contribution in [3.8, 4) is 0 Å². The van der Waals surface area contributed by atoms with Gasteiger partial charge in [-0.1, -0.05) is 41.0 Å². The molecule has 0 aromatic carbocycles. The zero-order valence-electron chi connectivity index (χ0n) is 13.3. The third-order valence-corrected chi connectivity index (χ3v) is 3.92. The number of nitrogens with one attached hydrogen (secondary N) is 1. The van der Waals surface area contributed by atoms with E-state index in [1.165, 1.54) is 51.9 Å². The van der Waals surface area contributed by atoms with Crippen LogP contribution in [0.2, 0.25) is 0 Å². The Balaban J connectivity index is 2.45. The molecule has 0 amide bonds. The van der Waals surface area contributed by atoms with E-state index in [4.69, 9.17) is 0 Å². The lowest BCUT2D eigenvalue weighted by atomic mass is 9.84. The van der Waals surface area contributed by atoms with E-state index in [-0.39, 0.29) is 0 Å². The van der Waals surface area contributed by atoms with E-state index in [0.29, 0.717) is 5.41 Å². The van der Waals surface area contributed by atoms with Gasteiger partial charge in [-0.05, 0) is 37.1 Å². The smallest absolute Gasteiger partial charge is 0.00684 e. The predicted molar refractivity (Wildman–Crippen MR) is 81.0 cm³/mol. The summed E-state index contributed by atoms with van der Waals surface area (Å²) in [6.07, 6.45) is 5.42. The first-order chi connectivity index (χ1) is 8.49. The molecule has 1 atom stereocenters. The van der Waals surface area contributed by atoms with Crippen molar-refractivity contribution in [2.24, 2.45) is 11.3 Å². The lowest BCUT2D eigenvalue weighted by molar-refractivity contribution is 0.142. The van der Waals surface area contributed by atoms with Gasteiger partial charge in [-0.15, -0.1) is 0 Å². The summed E-state index contributed by atoms with van der Waals surface area (Å²) in [5.41, 5.74) is 0.447. The second-order valence-electron chi connectivity index (χ2n) is 6.94. The third kappa shape index (κ3) is 6.19. The lowest BCUT2D eigenvalue weighted by Crippen LogP contribution is -2.44. The zero-order valence-corrected chi connectivity index (χ0v) is 13.3. The highest BCUT2D eigenvalue weighted by Gasteiger charge is 2.29. The fourth-order valence-electron chi connectivity index (χ4n) is 2.87. The molecule has 18 heavy (non-hydrogen) atoms. The largest absolute Gasteiger partial charge is 0.313 e. The van der Waals surface area contributed by atoms with Crippen LogP contribution in [0.3, 0.4) is 0 Å². The van der Waals surface area contributed by atoms with Crippen LogP contribution in [-0.2, 0) is 0 Å². The second-order valence-corrected chi connectivity index (χ2v) is 6.94. The Bertz CT molecular complexity index is 223. The van der Waals surface area contributed by atoms with E-state index in [0.717, 1.165) is 12.0 Å². The lowest BCUT2D eigenvalue weighted by Gasteiger charge is -2.36. The minimum absolute atomic E-state index is 0.447. The molecule has 1 fully saturated rings. The van der Waals surface area contributed by atoms with Gasteiger partial charge >= 0.3 is 0 Å². The van der Waals surface area contributed by atoms with Crippen molar-refractivity contribution in [3.63, 3.8) is 0 Å². The maximum absolute atomic E-state index is 3.74. The van der Waals surface area contributed by atoms with Gasteiger partial charge in [0.1, 0.15) is 0 Å². The molecule has 0 heterocycles. The molecule has 1 rings (SSSR count). The van der Waals surface area contributed by atoms with Crippen LogP contribution < -0.4 is 5.32 Å². The van der Waals surface area contributed by atoms with Crippen LogP contribution in [0.1, 0.15) is 60.3 Å². The summed E-state index contributed by atoms with van der Waals surface area (Å²) in [5, 5.41) is 3.74. The van der Waals surface area contributed by atoms with Gasteiger partial charge in [0, 0.05) is 25.7 Å². The normalized spacial score (nSPS) is 19.5. The third-order valence-electron chi connectivity index (χ3n) is 3.92. The van der Waals surface area contributed by atoms with Crippen molar-refractivity contribution in [2.45, 2.75) is 66.3 Å². The van der Waals surface area contributed by atoms with Crippen molar-refractivity contribution in [3.05, 3.63) is 0 Å². The number of hydrogen-bond acceptors (Lipinski definition) is 2. The standard InChI is InChI=1S/C16H34N2/c1-6-10-16(5,12-17-15-8-9-15)13-18(7-2)11-14(3)4/h14-15,17H,6-13H2,1-5H3. The summed E-state index contributed by atoms with van der Waals surface area (Å²) in [5.74, 6) is 0.771. The summed E-state index contributed by atoms with van der Waals surface area (Å²) in [4.78, 5) is 2.63. The molecule has 0 saturated heterocycles. The van der Waals surface area contributed by atoms with Crippen molar-refractivity contribution >= 4 is 0 Å². The highest BCUT2D eigenvalue weighted by atomic mass is 15.1. The zero-order chi connectivity index (χ0) is 13.6. The Morgan fingerprint density at radius 1 is 1.28 bits per heavy atom. The second kappa shape index (κ2) is 7.49. The molecular formula is C16H34N2. The Hall–Kier alpha value is -0.0800. The average molecular weight is 254 g/mol. The first-order valence-electron chi connectivity index (χ1n) is 7.95. The average Bonchev–Trinajstić information content (AvgIpc) is 3.09. The molecule has 0 radical (unpaired) electrons. The monoisotopic (exact) mass is 254 g/mol. The quantitative estimate of drug-likeness (QED) is 0.641. The molecule has 0 spiro atoms. The van der Waals surface area contributed by atoms with E-state index in [9.17, 15) is 0 Å². The molecule has 1 saturated carbocycles. The summed E-state index contributed by atoms with van der Waals surface area (Å²) >= 11 is 0. The maximum Gasteiger partial charge on any atom is 0.00684 e. The van der Waals surface area contributed by atoms with E-state index in [2.05, 4.69) is 44.8 Å². The highest BCUT2D eigenvalue weighted by Crippen LogP contribution is 2.27. The van der Waals surface area contributed by atoms with Crippen molar-refractivity contribution < 1.29 is 0 Å². The van der Waals surface area contributed by atoms with Crippen LogP contribution >= 0.6 is 0 Å². The molecule has 1 aliphatic carbocycles. The van der Waals surface area contributed by atoms with Gasteiger partial charge < -0.3 is 10.2 Å². The molecule has 0 aromatic rings.